The molecule has 0 bridgehead atoms. The van der Waals surface area contributed by atoms with E-state index in [4.69, 9.17) is 0 Å². The number of carbonyl (C=O) groups is 3. The van der Waals surface area contributed by atoms with E-state index in [-0.39, 0.29) is 12.4 Å². The normalized spacial score (nSPS) is 14.4. The number of halogens is 1. The average Bonchev–Trinajstić information content (AvgIpc) is 2.86. The van der Waals surface area contributed by atoms with E-state index in [2.05, 4.69) is 5.32 Å². The summed E-state index contributed by atoms with van der Waals surface area (Å²) in [6.45, 7) is 1.80. The maximum Gasteiger partial charge on any atom is 0.262 e. The number of nitrogens with one attached hydrogen (secondary N) is 1. The van der Waals surface area contributed by atoms with Gasteiger partial charge in [0.05, 0.1) is 11.1 Å². The topological polar surface area (TPSA) is 66.5 Å². The van der Waals surface area contributed by atoms with Crippen molar-refractivity contribution in [3.05, 3.63) is 71.0 Å². The van der Waals surface area contributed by atoms with Gasteiger partial charge in [-0.25, -0.2) is 4.39 Å². The van der Waals surface area contributed by atoms with Gasteiger partial charge in [0.15, 0.2) is 0 Å². The van der Waals surface area contributed by atoms with Crippen LogP contribution < -0.4 is 5.32 Å². The quantitative estimate of drug-likeness (QED) is 0.849. The molecule has 1 aliphatic rings. The molecule has 0 spiro atoms. The van der Waals surface area contributed by atoms with Crippen molar-refractivity contribution in [2.75, 3.05) is 6.54 Å². The van der Waals surface area contributed by atoms with Crippen LogP contribution in [0.5, 0.6) is 0 Å². The fraction of sp³-hybridized carbons (Fsp3) is 0.211. The molecule has 0 aliphatic carbocycles. The highest BCUT2D eigenvalue weighted by molar-refractivity contribution is 6.22. The molecule has 1 atom stereocenters. The van der Waals surface area contributed by atoms with Crippen molar-refractivity contribution in [2.45, 2.75) is 19.4 Å². The average molecular weight is 340 g/mol. The molecule has 2 aromatic rings. The van der Waals surface area contributed by atoms with Gasteiger partial charge < -0.3 is 5.32 Å². The van der Waals surface area contributed by atoms with Gasteiger partial charge in [-0.05, 0) is 43.2 Å². The van der Waals surface area contributed by atoms with E-state index >= 15 is 0 Å². The van der Waals surface area contributed by atoms with Gasteiger partial charge in [-0.2, -0.15) is 0 Å². The number of carbonyl (C=O) groups excluding carboxylic acids is 3. The molecule has 0 saturated heterocycles. The molecule has 3 amide bonds. The molecular weight excluding hydrogens is 323 g/mol. The van der Waals surface area contributed by atoms with Crippen molar-refractivity contribution < 1.29 is 18.8 Å². The number of imide groups is 1. The summed E-state index contributed by atoms with van der Waals surface area (Å²) in [5.41, 5.74) is 1.38. The summed E-state index contributed by atoms with van der Waals surface area (Å²) in [6.07, 6.45) is 0.457. The van der Waals surface area contributed by atoms with E-state index in [1.54, 1.807) is 36.4 Å². The maximum absolute atomic E-state index is 13.1. The number of fused-ring (bicyclic) bond motifs is 1. The lowest BCUT2D eigenvalue weighted by atomic mass is 10.1. The van der Waals surface area contributed by atoms with Crippen LogP contribution in [-0.2, 0) is 11.2 Å². The third-order valence-corrected chi connectivity index (χ3v) is 4.19. The van der Waals surface area contributed by atoms with Gasteiger partial charge >= 0.3 is 0 Å². The Labute approximate surface area is 144 Å². The van der Waals surface area contributed by atoms with E-state index in [9.17, 15) is 18.8 Å². The fourth-order valence-electron chi connectivity index (χ4n) is 2.85. The van der Waals surface area contributed by atoms with Crippen molar-refractivity contribution in [2.24, 2.45) is 0 Å². The standard InChI is InChI=1S/C19H17FN2O3/c1-12(17(23)21-10-9-13-5-4-6-14(20)11-13)22-18(24)15-7-2-3-8-16(15)19(22)25/h2-8,11-12H,9-10H2,1H3,(H,21,23). The summed E-state index contributed by atoms with van der Waals surface area (Å²) in [5.74, 6) is -1.68. The molecular formula is C19H17FN2O3. The Kier molecular flexibility index (Phi) is 4.61. The molecule has 0 radical (unpaired) electrons. The minimum absolute atomic E-state index is 0.287. The van der Waals surface area contributed by atoms with E-state index < -0.39 is 23.8 Å². The minimum atomic E-state index is -0.917. The largest absolute Gasteiger partial charge is 0.354 e. The molecule has 6 heteroatoms. The Hall–Kier alpha value is -3.02. The molecule has 1 unspecified atom stereocenters. The summed E-state index contributed by atoms with van der Waals surface area (Å²) in [6, 6.07) is 11.7. The Morgan fingerprint density at radius 1 is 1.08 bits per heavy atom. The molecule has 0 saturated carbocycles. The molecule has 1 heterocycles. The van der Waals surface area contributed by atoms with E-state index in [1.807, 2.05) is 0 Å². The molecule has 1 aliphatic heterocycles. The van der Waals surface area contributed by atoms with Crippen LogP contribution in [-0.4, -0.2) is 35.2 Å². The van der Waals surface area contributed by atoms with Gasteiger partial charge in [0.25, 0.3) is 11.8 Å². The van der Waals surface area contributed by atoms with Gasteiger partial charge in [0.2, 0.25) is 5.91 Å². The number of nitrogens with zero attached hydrogens (tertiary/aromatic N) is 1. The molecule has 1 N–H and O–H groups in total. The SMILES string of the molecule is CC(C(=O)NCCc1cccc(F)c1)N1C(=O)c2ccccc2C1=O. The van der Waals surface area contributed by atoms with Gasteiger partial charge in [-0.1, -0.05) is 24.3 Å². The smallest absolute Gasteiger partial charge is 0.262 e. The third-order valence-electron chi connectivity index (χ3n) is 4.19. The molecule has 0 aromatic heterocycles. The second-order valence-corrected chi connectivity index (χ2v) is 5.87. The van der Waals surface area contributed by atoms with Gasteiger partial charge in [-0.15, -0.1) is 0 Å². The lowest BCUT2D eigenvalue weighted by molar-refractivity contribution is -0.124. The number of hydrogen-bond donors (Lipinski definition) is 1. The zero-order valence-electron chi connectivity index (χ0n) is 13.7. The Balaban J connectivity index is 1.61. The van der Waals surface area contributed by atoms with Crippen molar-refractivity contribution >= 4 is 17.7 Å². The van der Waals surface area contributed by atoms with Gasteiger partial charge in [0, 0.05) is 6.54 Å². The number of rotatable bonds is 5. The highest BCUT2D eigenvalue weighted by atomic mass is 19.1. The second-order valence-electron chi connectivity index (χ2n) is 5.87. The summed E-state index contributed by atoms with van der Waals surface area (Å²) < 4.78 is 13.1. The summed E-state index contributed by atoms with van der Waals surface area (Å²) >= 11 is 0. The monoisotopic (exact) mass is 340 g/mol. The molecule has 0 fully saturated rings. The fourth-order valence-corrected chi connectivity index (χ4v) is 2.85. The zero-order valence-corrected chi connectivity index (χ0v) is 13.7. The summed E-state index contributed by atoms with van der Waals surface area (Å²) in [7, 11) is 0. The predicted octanol–water partition coefficient (Wildman–Crippen LogP) is 2.17. The first-order valence-electron chi connectivity index (χ1n) is 7.98. The van der Waals surface area contributed by atoms with Crippen LogP contribution in [0.25, 0.3) is 0 Å². The van der Waals surface area contributed by atoms with Crippen molar-refractivity contribution in [1.82, 2.24) is 10.2 Å². The number of benzene rings is 2. The van der Waals surface area contributed by atoms with Crippen LogP contribution in [0.1, 0.15) is 33.2 Å². The lowest BCUT2D eigenvalue weighted by Crippen LogP contribution is -2.48. The Bertz CT molecular complexity index is 815. The van der Waals surface area contributed by atoms with Crippen molar-refractivity contribution in [3.8, 4) is 0 Å². The van der Waals surface area contributed by atoms with Crippen LogP contribution in [0.15, 0.2) is 48.5 Å². The first-order valence-corrected chi connectivity index (χ1v) is 7.98. The first-order chi connectivity index (χ1) is 12.0. The Morgan fingerprint density at radius 3 is 2.32 bits per heavy atom. The van der Waals surface area contributed by atoms with Crippen LogP contribution in [0.3, 0.4) is 0 Å². The number of amides is 3. The number of hydrogen-bond acceptors (Lipinski definition) is 3. The first kappa shape index (κ1) is 16.8. The second kappa shape index (κ2) is 6.84. The van der Waals surface area contributed by atoms with Crippen LogP contribution in [0.2, 0.25) is 0 Å². The summed E-state index contributed by atoms with van der Waals surface area (Å²) in [5, 5.41) is 2.69. The van der Waals surface area contributed by atoms with E-state index in [0.29, 0.717) is 17.5 Å². The minimum Gasteiger partial charge on any atom is -0.354 e. The molecule has 2 aromatic carbocycles. The zero-order chi connectivity index (χ0) is 18.0. The highest BCUT2D eigenvalue weighted by Gasteiger charge is 2.40. The van der Waals surface area contributed by atoms with Crippen molar-refractivity contribution in [1.29, 1.82) is 0 Å². The Morgan fingerprint density at radius 2 is 1.72 bits per heavy atom. The molecule has 5 nitrogen and oxygen atoms in total. The van der Waals surface area contributed by atoms with E-state index in [0.717, 1.165) is 10.5 Å². The predicted molar refractivity (Wildman–Crippen MR) is 89.5 cm³/mol. The maximum atomic E-state index is 13.1. The summed E-state index contributed by atoms with van der Waals surface area (Å²) in [4.78, 5) is 38.0. The molecule has 128 valence electrons. The third kappa shape index (κ3) is 3.28. The van der Waals surface area contributed by atoms with Crippen LogP contribution in [0.4, 0.5) is 4.39 Å². The van der Waals surface area contributed by atoms with Crippen LogP contribution in [0, 0.1) is 5.82 Å². The molecule has 25 heavy (non-hydrogen) atoms. The van der Waals surface area contributed by atoms with Gasteiger partial charge in [-0.3, -0.25) is 19.3 Å². The molecule has 3 rings (SSSR count). The van der Waals surface area contributed by atoms with Crippen LogP contribution >= 0.6 is 0 Å². The van der Waals surface area contributed by atoms with Gasteiger partial charge in [0.1, 0.15) is 11.9 Å². The van der Waals surface area contributed by atoms with Crippen molar-refractivity contribution in [3.63, 3.8) is 0 Å². The lowest BCUT2D eigenvalue weighted by Gasteiger charge is -2.21. The van der Waals surface area contributed by atoms with E-state index in [1.165, 1.54) is 19.1 Å². The highest BCUT2D eigenvalue weighted by Crippen LogP contribution is 2.24.